The fraction of sp³-hybridized carbons (Fsp3) is 0.636. The SMILES string of the molecule is CCCNC(C)(CCn1cccn1)C(N)=O. The molecule has 0 saturated carbocycles. The summed E-state index contributed by atoms with van der Waals surface area (Å²) in [5.74, 6) is -0.312. The average Bonchev–Trinajstić information content (AvgIpc) is 2.76. The van der Waals surface area contributed by atoms with Gasteiger partial charge >= 0.3 is 0 Å². The van der Waals surface area contributed by atoms with Crippen LogP contribution in [-0.2, 0) is 11.3 Å². The Bertz CT molecular complexity index is 323. The molecule has 5 nitrogen and oxygen atoms in total. The lowest BCUT2D eigenvalue weighted by atomic mass is 9.97. The largest absolute Gasteiger partial charge is 0.368 e. The Morgan fingerprint density at radius 3 is 2.88 bits per heavy atom. The van der Waals surface area contributed by atoms with Gasteiger partial charge in [0.1, 0.15) is 0 Å². The maximum Gasteiger partial charge on any atom is 0.237 e. The molecular weight excluding hydrogens is 204 g/mol. The van der Waals surface area contributed by atoms with E-state index >= 15 is 0 Å². The van der Waals surface area contributed by atoms with Crippen molar-refractivity contribution in [2.75, 3.05) is 6.54 Å². The van der Waals surface area contributed by atoms with Crippen LogP contribution in [0, 0.1) is 0 Å². The van der Waals surface area contributed by atoms with Crippen LogP contribution >= 0.6 is 0 Å². The maximum atomic E-state index is 11.4. The Balaban J connectivity index is 2.53. The number of nitrogens with one attached hydrogen (secondary N) is 1. The lowest BCUT2D eigenvalue weighted by Gasteiger charge is -2.27. The number of nitrogens with two attached hydrogens (primary N) is 1. The zero-order valence-corrected chi connectivity index (χ0v) is 9.94. The number of rotatable bonds is 7. The minimum absolute atomic E-state index is 0.312. The molecule has 0 aliphatic carbocycles. The quantitative estimate of drug-likeness (QED) is 0.709. The van der Waals surface area contributed by atoms with Crippen LogP contribution in [-0.4, -0.2) is 27.8 Å². The highest BCUT2D eigenvalue weighted by molar-refractivity contribution is 5.84. The summed E-state index contributed by atoms with van der Waals surface area (Å²) in [7, 11) is 0. The number of aryl methyl sites for hydroxylation is 1. The smallest absolute Gasteiger partial charge is 0.237 e. The topological polar surface area (TPSA) is 72.9 Å². The molecule has 0 bridgehead atoms. The van der Waals surface area contributed by atoms with Gasteiger partial charge in [-0.3, -0.25) is 9.48 Å². The van der Waals surface area contributed by atoms with Gasteiger partial charge in [0.2, 0.25) is 5.91 Å². The first-order valence-corrected chi connectivity index (χ1v) is 5.61. The molecule has 0 saturated heterocycles. The number of primary amides is 1. The molecule has 1 amide bonds. The van der Waals surface area contributed by atoms with Gasteiger partial charge in [-0.05, 0) is 32.4 Å². The van der Waals surface area contributed by atoms with E-state index in [0.717, 1.165) is 13.0 Å². The summed E-state index contributed by atoms with van der Waals surface area (Å²) in [5.41, 5.74) is 4.77. The number of hydrogen-bond acceptors (Lipinski definition) is 3. The second-order valence-corrected chi connectivity index (χ2v) is 4.14. The number of amides is 1. The van der Waals surface area contributed by atoms with Crippen LogP contribution in [0.4, 0.5) is 0 Å². The summed E-state index contributed by atoms with van der Waals surface area (Å²) >= 11 is 0. The van der Waals surface area contributed by atoms with Crippen LogP contribution in [0.3, 0.4) is 0 Å². The third-order valence-electron chi connectivity index (χ3n) is 2.71. The number of nitrogens with zero attached hydrogens (tertiary/aromatic N) is 2. The van der Waals surface area contributed by atoms with Crippen LogP contribution in [0.25, 0.3) is 0 Å². The molecule has 0 fully saturated rings. The Hall–Kier alpha value is -1.36. The molecule has 0 aromatic carbocycles. The van der Waals surface area contributed by atoms with Gasteiger partial charge in [-0.15, -0.1) is 0 Å². The zero-order chi connectivity index (χ0) is 12.0. The van der Waals surface area contributed by atoms with Crippen LogP contribution in [0.2, 0.25) is 0 Å². The molecule has 90 valence electrons. The van der Waals surface area contributed by atoms with Crippen molar-refractivity contribution in [1.29, 1.82) is 0 Å². The van der Waals surface area contributed by atoms with E-state index in [1.54, 1.807) is 10.9 Å². The Morgan fingerprint density at radius 2 is 2.38 bits per heavy atom. The van der Waals surface area contributed by atoms with Crippen molar-refractivity contribution >= 4 is 5.91 Å². The molecule has 0 radical (unpaired) electrons. The summed E-state index contributed by atoms with van der Waals surface area (Å²) in [6.45, 7) is 5.37. The summed E-state index contributed by atoms with van der Waals surface area (Å²) in [5, 5.41) is 7.29. The van der Waals surface area contributed by atoms with E-state index in [2.05, 4.69) is 17.3 Å². The van der Waals surface area contributed by atoms with Crippen molar-refractivity contribution in [3.8, 4) is 0 Å². The monoisotopic (exact) mass is 224 g/mol. The normalized spacial score (nSPS) is 14.6. The Labute approximate surface area is 96.0 Å². The highest BCUT2D eigenvalue weighted by Gasteiger charge is 2.29. The van der Waals surface area contributed by atoms with Gasteiger partial charge in [0, 0.05) is 18.9 Å². The molecule has 1 heterocycles. The molecule has 1 aromatic heterocycles. The minimum Gasteiger partial charge on any atom is -0.368 e. The molecule has 1 atom stereocenters. The highest BCUT2D eigenvalue weighted by atomic mass is 16.1. The molecule has 5 heteroatoms. The second kappa shape index (κ2) is 5.65. The van der Waals surface area contributed by atoms with Gasteiger partial charge in [0.15, 0.2) is 0 Å². The summed E-state index contributed by atoms with van der Waals surface area (Å²) in [6.07, 6.45) is 5.22. The van der Waals surface area contributed by atoms with Crippen LogP contribution < -0.4 is 11.1 Å². The van der Waals surface area contributed by atoms with Crippen molar-refractivity contribution in [3.05, 3.63) is 18.5 Å². The van der Waals surface area contributed by atoms with Gasteiger partial charge in [-0.1, -0.05) is 6.92 Å². The molecular formula is C11H20N4O. The third-order valence-corrected chi connectivity index (χ3v) is 2.71. The third kappa shape index (κ3) is 3.34. The van der Waals surface area contributed by atoms with Gasteiger partial charge in [0.05, 0.1) is 5.54 Å². The first kappa shape index (κ1) is 12.7. The van der Waals surface area contributed by atoms with E-state index in [1.807, 2.05) is 19.2 Å². The number of carbonyl (C=O) groups excluding carboxylic acids is 1. The Morgan fingerprint density at radius 1 is 1.62 bits per heavy atom. The predicted octanol–water partition coefficient (Wildman–Crippen LogP) is 0.517. The lowest BCUT2D eigenvalue weighted by Crippen LogP contribution is -2.53. The molecule has 1 rings (SSSR count). The van der Waals surface area contributed by atoms with Gasteiger partial charge < -0.3 is 11.1 Å². The molecule has 1 unspecified atom stereocenters. The zero-order valence-electron chi connectivity index (χ0n) is 9.94. The standard InChI is InChI=1S/C11H20N4O/c1-3-6-13-11(2,10(12)16)5-9-15-8-4-7-14-15/h4,7-8,13H,3,5-6,9H2,1-2H3,(H2,12,16). The van der Waals surface area contributed by atoms with E-state index in [4.69, 9.17) is 5.73 Å². The summed E-state index contributed by atoms with van der Waals surface area (Å²) in [4.78, 5) is 11.4. The minimum atomic E-state index is -0.651. The lowest BCUT2D eigenvalue weighted by molar-refractivity contribution is -0.124. The van der Waals surface area contributed by atoms with E-state index in [-0.39, 0.29) is 5.91 Å². The number of carbonyl (C=O) groups is 1. The first-order valence-electron chi connectivity index (χ1n) is 5.61. The van der Waals surface area contributed by atoms with Gasteiger partial charge in [-0.2, -0.15) is 5.10 Å². The summed E-state index contributed by atoms with van der Waals surface area (Å²) < 4.78 is 1.80. The average molecular weight is 224 g/mol. The van der Waals surface area contributed by atoms with Crippen LogP contribution in [0.1, 0.15) is 26.7 Å². The van der Waals surface area contributed by atoms with Crippen molar-refractivity contribution in [2.45, 2.75) is 38.8 Å². The van der Waals surface area contributed by atoms with E-state index in [0.29, 0.717) is 13.0 Å². The molecule has 0 aliphatic heterocycles. The highest BCUT2D eigenvalue weighted by Crippen LogP contribution is 2.10. The predicted molar refractivity (Wildman–Crippen MR) is 62.7 cm³/mol. The number of hydrogen-bond donors (Lipinski definition) is 2. The van der Waals surface area contributed by atoms with Crippen LogP contribution in [0.5, 0.6) is 0 Å². The van der Waals surface area contributed by atoms with E-state index < -0.39 is 5.54 Å². The fourth-order valence-corrected chi connectivity index (χ4v) is 1.47. The van der Waals surface area contributed by atoms with Crippen molar-refractivity contribution in [3.63, 3.8) is 0 Å². The molecule has 0 spiro atoms. The van der Waals surface area contributed by atoms with Crippen molar-refractivity contribution < 1.29 is 4.79 Å². The Kier molecular flexibility index (Phi) is 4.49. The summed E-state index contributed by atoms with van der Waals surface area (Å²) in [6, 6.07) is 1.86. The molecule has 0 aliphatic rings. The maximum absolute atomic E-state index is 11.4. The molecule has 1 aromatic rings. The van der Waals surface area contributed by atoms with Crippen molar-refractivity contribution in [2.24, 2.45) is 5.73 Å². The van der Waals surface area contributed by atoms with Crippen molar-refractivity contribution in [1.82, 2.24) is 15.1 Å². The second-order valence-electron chi connectivity index (χ2n) is 4.14. The molecule has 3 N–H and O–H groups in total. The first-order chi connectivity index (χ1) is 7.58. The van der Waals surface area contributed by atoms with Gasteiger partial charge in [-0.25, -0.2) is 0 Å². The van der Waals surface area contributed by atoms with E-state index in [1.165, 1.54) is 0 Å². The molecule has 16 heavy (non-hydrogen) atoms. The van der Waals surface area contributed by atoms with E-state index in [9.17, 15) is 4.79 Å². The fourth-order valence-electron chi connectivity index (χ4n) is 1.47. The van der Waals surface area contributed by atoms with Crippen LogP contribution in [0.15, 0.2) is 18.5 Å². The number of aromatic nitrogens is 2. The van der Waals surface area contributed by atoms with Gasteiger partial charge in [0.25, 0.3) is 0 Å².